The van der Waals surface area contributed by atoms with Gasteiger partial charge in [0.1, 0.15) is 29.5 Å². The normalized spacial score (nSPS) is 18.6. The van der Waals surface area contributed by atoms with Crippen LogP contribution in [0.15, 0.2) is 65.1 Å². The van der Waals surface area contributed by atoms with Crippen LogP contribution in [0.3, 0.4) is 0 Å². The minimum atomic E-state index is -1.15. The molecule has 1 fully saturated rings. The zero-order chi connectivity index (χ0) is 29.5. The Kier molecular flexibility index (Phi) is 10.4. The van der Waals surface area contributed by atoms with Crippen molar-refractivity contribution in [3.8, 4) is 11.5 Å². The molecule has 0 saturated heterocycles. The summed E-state index contributed by atoms with van der Waals surface area (Å²) in [5.74, 6) is 0.0674. The molecule has 0 aliphatic heterocycles. The van der Waals surface area contributed by atoms with Gasteiger partial charge in [0, 0.05) is 28.0 Å². The summed E-state index contributed by atoms with van der Waals surface area (Å²) in [6.07, 6.45) is 3.42. The Bertz CT molecular complexity index is 1360. The van der Waals surface area contributed by atoms with Crippen molar-refractivity contribution in [1.29, 1.82) is 0 Å². The van der Waals surface area contributed by atoms with Gasteiger partial charge in [0.05, 0.1) is 6.10 Å². The van der Waals surface area contributed by atoms with Gasteiger partial charge in [-0.3, -0.25) is 4.79 Å². The number of aromatic carboxylic acids is 1. The maximum absolute atomic E-state index is 14.8. The van der Waals surface area contributed by atoms with Crippen LogP contribution in [0.4, 0.5) is 15.8 Å². The molecule has 1 aliphatic rings. The van der Waals surface area contributed by atoms with Crippen LogP contribution in [-0.2, 0) is 16.1 Å². The molecular formula is C32H36BrFN2O5. The summed E-state index contributed by atoms with van der Waals surface area (Å²) in [6, 6.07) is 16.1. The van der Waals surface area contributed by atoms with E-state index in [1.54, 1.807) is 36.4 Å². The van der Waals surface area contributed by atoms with Crippen LogP contribution in [0.1, 0.15) is 56.0 Å². The number of carboxylic acid groups (broad SMARTS) is 1. The second-order valence-electron chi connectivity index (χ2n) is 10.9. The van der Waals surface area contributed by atoms with E-state index in [0.717, 1.165) is 12.8 Å². The topological polar surface area (TPSA) is 96.9 Å². The van der Waals surface area contributed by atoms with Gasteiger partial charge >= 0.3 is 5.97 Å². The van der Waals surface area contributed by atoms with E-state index in [-0.39, 0.29) is 47.8 Å². The lowest BCUT2D eigenvalue weighted by Gasteiger charge is -2.37. The minimum absolute atomic E-state index is 0.0125. The number of halogens is 2. The molecule has 1 aliphatic carbocycles. The predicted molar refractivity (Wildman–Crippen MR) is 161 cm³/mol. The molecule has 0 spiro atoms. The second-order valence-corrected chi connectivity index (χ2v) is 11.8. The molecule has 0 bridgehead atoms. The third kappa shape index (κ3) is 8.30. The Balaban J connectivity index is 1.34. The SMILES string of the molecule is CC1CCC(C(C)C)C(OCC(=O)Nc2ccc(NCc3c(F)cccc3Oc3ccc(Br)cc3C(=O)O)cc2)C1. The molecule has 9 heteroatoms. The Morgan fingerprint density at radius 3 is 2.49 bits per heavy atom. The number of rotatable bonds is 11. The van der Waals surface area contributed by atoms with E-state index in [0.29, 0.717) is 33.6 Å². The predicted octanol–water partition coefficient (Wildman–Crippen LogP) is 8.11. The van der Waals surface area contributed by atoms with Crippen LogP contribution in [0, 0.1) is 23.6 Å². The average molecular weight is 628 g/mol. The van der Waals surface area contributed by atoms with Crippen LogP contribution in [0.25, 0.3) is 0 Å². The van der Waals surface area contributed by atoms with E-state index in [9.17, 15) is 19.1 Å². The van der Waals surface area contributed by atoms with Crippen LogP contribution < -0.4 is 15.4 Å². The molecule has 0 radical (unpaired) electrons. The molecule has 4 rings (SSSR count). The van der Waals surface area contributed by atoms with Gasteiger partial charge < -0.3 is 25.2 Å². The summed E-state index contributed by atoms with van der Waals surface area (Å²) in [6.45, 7) is 6.77. The molecule has 3 aromatic rings. The zero-order valence-electron chi connectivity index (χ0n) is 23.5. The Morgan fingerprint density at radius 1 is 1.05 bits per heavy atom. The Hall–Kier alpha value is -3.43. The number of nitrogens with one attached hydrogen (secondary N) is 2. The smallest absolute Gasteiger partial charge is 0.339 e. The van der Waals surface area contributed by atoms with Crippen LogP contribution in [0.5, 0.6) is 11.5 Å². The maximum Gasteiger partial charge on any atom is 0.339 e. The molecule has 3 aromatic carbocycles. The summed E-state index contributed by atoms with van der Waals surface area (Å²) in [4.78, 5) is 24.2. The lowest BCUT2D eigenvalue weighted by Crippen LogP contribution is -2.36. The number of anilines is 2. The third-order valence-electron chi connectivity index (χ3n) is 7.50. The van der Waals surface area contributed by atoms with Crippen molar-refractivity contribution in [2.75, 3.05) is 17.2 Å². The third-order valence-corrected chi connectivity index (χ3v) is 7.99. The van der Waals surface area contributed by atoms with Crippen molar-refractivity contribution < 1.29 is 28.6 Å². The number of carbonyl (C=O) groups is 2. The van der Waals surface area contributed by atoms with Gasteiger partial charge in [-0.2, -0.15) is 0 Å². The first-order valence-corrected chi connectivity index (χ1v) is 14.6. The molecule has 0 heterocycles. The second kappa shape index (κ2) is 14.0. The van der Waals surface area contributed by atoms with E-state index in [4.69, 9.17) is 9.47 Å². The first-order valence-electron chi connectivity index (χ1n) is 13.8. The quantitative estimate of drug-likeness (QED) is 0.199. The summed E-state index contributed by atoms with van der Waals surface area (Å²) in [5.41, 5.74) is 1.55. The van der Waals surface area contributed by atoms with Gasteiger partial charge in [-0.15, -0.1) is 0 Å². The number of amides is 1. The average Bonchev–Trinajstić information content (AvgIpc) is 2.93. The van der Waals surface area contributed by atoms with Crippen molar-refractivity contribution in [2.24, 2.45) is 17.8 Å². The van der Waals surface area contributed by atoms with E-state index in [2.05, 4.69) is 47.3 Å². The molecule has 3 unspecified atom stereocenters. The van der Waals surface area contributed by atoms with Crippen molar-refractivity contribution in [1.82, 2.24) is 0 Å². The van der Waals surface area contributed by atoms with Crippen molar-refractivity contribution >= 4 is 39.2 Å². The zero-order valence-corrected chi connectivity index (χ0v) is 25.0. The molecular weight excluding hydrogens is 591 g/mol. The van der Waals surface area contributed by atoms with Crippen LogP contribution >= 0.6 is 15.9 Å². The number of hydrogen-bond acceptors (Lipinski definition) is 5. The minimum Gasteiger partial charge on any atom is -0.478 e. The number of hydrogen-bond donors (Lipinski definition) is 3. The van der Waals surface area contributed by atoms with E-state index in [1.807, 2.05) is 0 Å². The fraction of sp³-hybridized carbons (Fsp3) is 0.375. The molecule has 218 valence electrons. The largest absolute Gasteiger partial charge is 0.478 e. The number of carbonyl (C=O) groups excluding carboxylic acids is 1. The van der Waals surface area contributed by atoms with Crippen LogP contribution in [0.2, 0.25) is 0 Å². The first kappa shape index (κ1) is 30.5. The Morgan fingerprint density at radius 2 is 1.78 bits per heavy atom. The molecule has 41 heavy (non-hydrogen) atoms. The van der Waals surface area contributed by atoms with E-state index >= 15 is 0 Å². The molecule has 3 atom stereocenters. The Labute approximate surface area is 248 Å². The highest BCUT2D eigenvalue weighted by Crippen LogP contribution is 2.35. The summed E-state index contributed by atoms with van der Waals surface area (Å²) >= 11 is 3.26. The van der Waals surface area contributed by atoms with Crippen molar-refractivity contribution in [2.45, 2.75) is 52.7 Å². The molecule has 3 N–H and O–H groups in total. The van der Waals surface area contributed by atoms with Gasteiger partial charge in [0.25, 0.3) is 0 Å². The standard InChI is InChI=1S/C32H36BrFN2O5/c1-19(2)24-13-7-20(3)15-30(24)40-18-31(37)36-23-11-9-22(10-12-23)35-17-26-27(34)5-4-6-28(26)41-29-14-8-21(33)16-25(29)32(38)39/h4-6,8-12,14,16,19-20,24,30,35H,7,13,15,17-18H2,1-3H3,(H,36,37)(H,38,39). The maximum atomic E-state index is 14.8. The summed E-state index contributed by atoms with van der Waals surface area (Å²) < 4.78 is 27.3. The number of benzene rings is 3. The molecule has 1 amide bonds. The number of ether oxygens (including phenoxy) is 2. The van der Waals surface area contributed by atoms with Gasteiger partial charge in [-0.1, -0.05) is 49.2 Å². The van der Waals surface area contributed by atoms with Crippen molar-refractivity contribution in [3.05, 3.63) is 82.1 Å². The lowest BCUT2D eigenvalue weighted by atomic mass is 9.75. The summed E-state index contributed by atoms with van der Waals surface area (Å²) in [5, 5.41) is 15.6. The highest BCUT2D eigenvalue weighted by Gasteiger charge is 2.31. The van der Waals surface area contributed by atoms with Gasteiger partial charge in [0.15, 0.2) is 0 Å². The first-order chi connectivity index (χ1) is 19.6. The fourth-order valence-electron chi connectivity index (χ4n) is 5.23. The molecule has 0 aromatic heterocycles. The highest BCUT2D eigenvalue weighted by molar-refractivity contribution is 9.10. The lowest BCUT2D eigenvalue weighted by molar-refractivity contribution is -0.126. The summed E-state index contributed by atoms with van der Waals surface area (Å²) in [7, 11) is 0. The van der Waals surface area contributed by atoms with Gasteiger partial charge in [-0.25, -0.2) is 9.18 Å². The van der Waals surface area contributed by atoms with Crippen molar-refractivity contribution in [3.63, 3.8) is 0 Å². The fourth-order valence-corrected chi connectivity index (χ4v) is 5.59. The monoisotopic (exact) mass is 626 g/mol. The van der Waals surface area contributed by atoms with E-state index < -0.39 is 11.8 Å². The van der Waals surface area contributed by atoms with E-state index in [1.165, 1.54) is 30.7 Å². The van der Waals surface area contributed by atoms with Crippen LogP contribution in [-0.4, -0.2) is 29.7 Å². The van der Waals surface area contributed by atoms with Gasteiger partial charge in [0.2, 0.25) is 5.91 Å². The highest BCUT2D eigenvalue weighted by atomic mass is 79.9. The molecule has 7 nitrogen and oxygen atoms in total. The molecule has 1 saturated carbocycles. The number of carboxylic acids is 1. The van der Waals surface area contributed by atoms with Gasteiger partial charge in [-0.05, 0) is 85.2 Å².